The number of hydrogen-bond donors (Lipinski definition) is 2. The van der Waals surface area contributed by atoms with Crippen LogP contribution in [0.4, 0.5) is 0 Å². The van der Waals surface area contributed by atoms with Gasteiger partial charge in [-0.05, 0) is 49.4 Å². The number of carbonyl (C=O) groups is 2. The molecule has 0 aliphatic heterocycles. The third kappa shape index (κ3) is 4.80. The maximum Gasteiger partial charge on any atom is 0.268 e. The first-order chi connectivity index (χ1) is 11.5. The molecule has 2 aromatic rings. The van der Waals surface area contributed by atoms with Crippen LogP contribution in [0.1, 0.15) is 41.1 Å². The van der Waals surface area contributed by atoms with Crippen molar-refractivity contribution in [2.75, 3.05) is 0 Å². The van der Waals surface area contributed by atoms with E-state index in [9.17, 15) is 9.59 Å². The van der Waals surface area contributed by atoms with Crippen molar-refractivity contribution in [2.45, 2.75) is 33.2 Å². The molecule has 0 aliphatic carbocycles. The van der Waals surface area contributed by atoms with Crippen molar-refractivity contribution in [1.82, 2.24) is 10.6 Å². The largest absolute Gasteiger partial charge is 0.348 e. The van der Waals surface area contributed by atoms with E-state index < -0.39 is 0 Å². The molecule has 5 heteroatoms. The minimum atomic E-state index is -0.282. The molecule has 0 fully saturated rings. The molecule has 1 atom stereocenters. The van der Waals surface area contributed by atoms with Gasteiger partial charge in [0.15, 0.2) is 0 Å². The summed E-state index contributed by atoms with van der Waals surface area (Å²) in [5.41, 5.74) is 1.68. The zero-order valence-electron chi connectivity index (χ0n) is 14.1. The molecule has 0 saturated carbocycles. The van der Waals surface area contributed by atoms with Gasteiger partial charge in [0.1, 0.15) is 5.70 Å². The number of aryl methyl sites for hydroxylation is 1. The van der Waals surface area contributed by atoms with Gasteiger partial charge in [0, 0.05) is 16.5 Å². The third-order valence-corrected chi connectivity index (χ3v) is 4.52. The van der Waals surface area contributed by atoms with Crippen LogP contribution in [-0.4, -0.2) is 17.9 Å². The summed E-state index contributed by atoms with van der Waals surface area (Å²) >= 11 is 1.51. The Kier molecular flexibility index (Phi) is 6.32. The predicted molar refractivity (Wildman–Crippen MR) is 98.8 cm³/mol. The van der Waals surface area contributed by atoms with Crippen LogP contribution in [0, 0.1) is 6.92 Å². The molecule has 0 aliphatic rings. The smallest absolute Gasteiger partial charge is 0.268 e. The first-order valence-electron chi connectivity index (χ1n) is 7.94. The first kappa shape index (κ1) is 17.9. The van der Waals surface area contributed by atoms with Crippen molar-refractivity contribution in [3.05, 3.63) is 63.5 Å². The molecule has 0 unspecified atom stereocenters. The summed E-state index contributed by atoms with van der Waals surface area (Å²) in [6.45, 7) is 5.81. The van der Waals surface area contributed by atoms with Crippen LogP contribution >= 0.6 is 11.3 Å². The highest BCUT2D eigenvalue weighted by atomic mass is 32.1. The average molecular weight is 342 g/mol. The van der Waals surface area contributed by atoms with Crippen LogP contribution in [0.2, 0.25) is 0 Å². The molecule has 0 radical (unpaired) electrons. The van der Waals surface area contributed by atoms with Crippen LogP contribution in [0.3, 0.4) is 0 Å². The summed E-state index contributed by atoms with van der Waals surface area (Å²) < 4.78 is 0. The second kappa shape index (κ2) is 8.45. The van der Waals surface area contributed by atoms with E-state index in [2.05, 4.69) is 10.6 Å². The SMILES string of the molecule is CC[C@H](C)NC(=O)/C(=C/c1cccs1)NC(=O)c1ccccc1C. The lowest BCUT2D eigenvalue weighted by molar-refractivity contribution is -0.118. The molecular formula is C19H22N2O2S. The lowest BCUT2D eigenvalue weighted by atomic mass is 10.1. The molecule has 0 saturated heterocycles. The minimum absolute atomic E-state index is 0.0413. The Labute approximate surface area is 146 Å². The molecule has 1 aromatic carbocycles. The van der Waals surface area contributed by atoms with Gasteiger partial charge in [0.05, 0.1) is 0 Å². The average Bonchev–Trinajstić information content (AvgIpc) is 3.07. The van der Waals surface area contributed by atoms with E-state index in [-0.39, 0.29) is 23.6 Å². The quantitative estimate of drug-likeness (QED) is 0.786. The van der Waals surface area contributed by atoms with E-state index in [1.165, 1.54) is 11.3 Å². The van der Waals surface area contributed by atoms with Crippen LogP contribution in [0.25, 0.3) is 6.08 Å². The third-order valence-electron chi connectivity index (χ3n) is 3.70. The number of amides is 2. The van der Waals surface area contributed by atoms with Crippen LogP contribution < -0.4 is 10.6 Å². The summed E-state index contributed by atoms with van der Waals surface area (Å²) in [6.07, 6.45) is 2.53. The molecule has 1 heterocycles. The molecule has 126 valence electrons. The number of carbonyl (C=O) groups excluding carboxylic acids is 2. The zero-order valence-corrected chi connectivity index (χ0v) is 14.9. The molecule has 4 nitrogen and oxygen atoms in total. The summed E-state index contributed by atoms with van der Waals surface area (Å²) in [5.74, 6) is -0.560. The van der Waals surface area contributed by atoms with Gasteiger partial charge in [-0.2, -0.15) is 0 Å². The number of benzene rings is 1. The predicted octanol–water partition coefficient (Wildman–Crippen LogP) is 3.74. The number of nitrogens with one attached hydrogen (secondary N) is 2. The van der Waals surface area contributed by atoms with E-state index >= 15 is 0 Å². The Balaban J connectivity index is 2.24. The maximum absolute atomic E-state index is 12.5. The Morgan fingerprint density at radius 1 is 1.21 bits per heavy atom. The molecule has 24 heavy (non-hydrogen) atoms. The fourth-order valence-electron chi connectivity index (χ4n) is 2.09. The van der Waals surface area contributed by atoms with Crippen LogP contribution in [0.15, 0.2) is 47.5 Å². The second-order valence-corrected chi connectivity index (χ2v) is 6.60. The Morgan fingerprint density at radius 3 is 2.58 bits per heavy atom. The number of hydrogen-bond acceptors (Lipinski definition) is 3. The van der Waals surface area contributed by atoms with Gasteiger partial charge in [0.25, 0.3) is 11.8 Å². The second-order valence-electron chi connectivity index (χ2n) is 5.63. The molecule has 2 rings (SSSR count). The Bertz CT molecular complexity index is 736. The van der Waals surface area contributed by atoms with E-state index in [0.29, 0.717) is 5.56 Å². The highest BCUT2D eigenvalue weighted by molar-refractivity contribution is 7.10. The first-order valence-corrected chi connectivity index (χ1v) is 8.82. The Hall–Kier alpha value is -2.40. The fraction of sp³-hybridized carbons (Fsp3) is 0.263. The van der Waals surface area contributed by atoms with E-state index in [1.54, 1.807) is 12.1 Å². The topological polar surface area (TPSA) is 58.2 Å². The normalized spacial score (nSPS) is 12.5. The summed E-state index contributed by atoms with van der Waals surface area (Å²) in [5, 5.41) is 7.58. The van der Waals surface area contributed by atoms with Crippen molar-refractivity contribution in [2.24, 2.45) is 0 Å². The van der Waals surface area contributed by atoms with Crippen LogP contribution in [0.5, 0.6) is 0 Å². The molecule has 0 spiro atoms. The highest BCUT2D eigenvalue weighted by Gasteiger charge is 2.17. The minimum Gasteiger partial charge on any atom is -0.348 e. The van der Waals surface area contributed by atoms with Crippen molar-refractivity contribution < 1.29 is 9.59 Å². The highest BCUT2D eigenvalue weighted by Crippen LogP contribution is 2.14. The van der Waals surface area contributed by atoms with E-state index in [0.717, 1.165) is 16.9 Å². The van der Waals surface area contributed by atoms with Gasteiger partial charge >= 0.3 is 0 Å². The van der Waals surface area contributed by atoms with Crippen molar-refractivity contribution in [3.8, 4) is 0 Å². The lowest BCUT2D eigenvalue weighted by Crippen LogP contribution is -2.39. The standard InChI is InChI=1S/C19H22N2O2S/c1-4-14(3)20-19(23)17(12-15-9-7-11-24-15)21-18(22)16-10-6-5-8-13(16)2/h5-12,14H,4H2,1-3H3,(H,20,23)(H,21,22)/b17-12-/t14-/m0/s1. The fourth-order valence-corrected chi connectivity index (χ4v) is 2.75. The summed E-state index contributed by atoms with van der Waals surface area (Å²) in [4.78, 5) is 25.9. The van der Waals surface area contributed by atoms with E-state index in [4.69, 9.17) is 0 Å². The summed E-state index contributed by atoms with van der Waals surface area (Å²) in [7, 11) is 0. The molecule has 2 N–H and O–H groups in total. The van der Waals surface area contributed by atoms with Crippen LogP contribution in [-0.2, 0) is 4.79 Å². The zero-order chi connectivity index (χ0) is 17.5. The Morgan fingerprint density at radius 2 is 1.96 bits per heavy atom. The molecule has 0 bridgehead atoms. The number of thiophene rings is 1. The van der Waals surface area contributed by atoms with E-state index in [1.807, 2.05) is 56.5 Å². The molecule has 1 aromatic heterocycles. The van der Waals surface area contributed by atoms with Crippen molar-refractivity contribution in [3.63, 3.8) is 0 Å². The van der Waals surface area contributed by atoms with Gasteiger partial charge in [-0.15, -0.1) is 11.3 Å². The van der Waals surface area contributed by atoms with Gasteiger partial charge in [-0.25, -0.2) is 0 Å². The maximum atomic E-state index is 12.5. The molecular weight excluding hydrogens is 320 g/mol. The van der Waals surface area contributed by atoms with Gasteiger partial charge in [-0.1, -0.05) is 31.2 Å². The molecule has 2 amide bonds. The van der Waals surface area contributed by atoms with Gasteiger partial charge < -0.3 is 10.6 Å². The van der Waals surface area contributed by atoms with Crippen molar-refractivity contribution in [1.29, 1.82) is 0 Å². The van der Waals surface area contributed by atoms with Gasteiger partial charge in [0.2, 0.25) is 0 Å². The van der Waals surface area contributed by atoms with Gasteiger partial charge in [-0.3, -0.25) is 9.59 Å². The lowest BCUT2D eigenvalue weighted by Gasteiger charge is -2.15. The van der Waals surface area contributed by atoms with Crippen molar-refractivity contribution >= 4 is 29.2 Å². The number of rotatable bonds is 6. The monoisotopic (exact) mass is 342 g/mol. The summed E-state index contributed by atoms with van der Waals surface area (Å²) in [6, 6.07) is 11.2.